The van der Waals surface area contributed by atoms with E-state index in [0.29, 0.717) is 29.7 Å². The van der Waals surface area contributed by atoms with E-state index in [1.54, 1.807) is 34.7 Å². The molecule has 0 radical (unpaired) electrons. The Morgan fingerprint density at radius 1 is 1.19 bits per heavy atom. The number of aromatic nitrogens is 2. The fraction of sp³-hybridized carbons (Fsp3) is 0.208. The van der Waals surface area contributed by atoms with Gasteiger partial charge in [-0.25, -0.2) is 4.98 Å². The number of likely N-dealkylation sites (tertiary alicyclic amines) is 1. The highest BCUT2D eigenvalue weighted by Crippen LogP contribution is 2.30. The quantitative estimate of drug-likeness (QED) is 0.493. The van der Waals surface area contributed by atoms with Gasteiger partial charge in [-0.1, -0.05) is 24.0 Å². The maximum atomic E-state index is 12.4. The van der Waals surface area contributed by atoms with E-state index in [9.17, 15) is 9.59 Å². The van der Waals surface area contributed by atoms with Crippen LogP contribution >= 0.6 is 0 Å². The monoisotopic (exact) mass is 411 g/mol. The molecule has 7 nitrogen and oxygen atoms in total. The second-order valence-electron chi connectivity index (χ2n) is 7.73. The zero-order chi connectivity index (χ0) is 22.2. The molecule has 1 aliphatic rings. The van der Waals surface area contributed by atoms with Crippen LogP contribution in [0.1, 0.15) is 35.1 Å². The predicted molar refractivity (Wildman–Crippen MR) is 117 cm³/mol. The molecule has 3 heterocycles. The molecule has 0 saturated carbocycles. The van der Waals surface area contributed by atoms with Gasteiger partial charge >= 0.3 is 0 Å². The molecule has 2 amide bonds. The number of amides is 2. The van der Waals surface area contributed by atoms with Crippen molar-refractivity contribution in [2.75, 3.05) is 13.6 Å². The molecule has 154 valence electrons. The minimum absolute atomic E-state index is 0.0379. The molecule has 4 rings (SSSR count). The van der Waals surface area contributed by atoms with E-state index in [1.807, 2.05) is 31.2 Å². The Balaban J connectivity index is 1.80. The van der Waals surface area contributed by atoms with Crippen molar-refractivity contribution >= 4 is 17.3 Å². The van der Waals surface area contributed by atoms with E-state index >= 15 is 0 Å². The summed E-state index contributed by atoms with van der Waals surface area (Å²) in [5.74, 6) is 8.62. The number of pyridine rings is 1. The van der Waals surface area contributed by atoms with E-state index < -0.39 is 11.3 Å². The Kier molecular flexibility index (Phi) is 4.88. The molecule has 2 aromatic heterocycles. The van der Waals surface area contributed by atoms with Crippen molar-refractivity contribution in [1.82, 2.24) is 14.3 Å². The minimum atomic E-state index is -0.680. The van der Waals surface area contributed by atoms with Gasteiger partial charge < -0.3 is 16.4 Å². The Morgan fingerprint density at radius 2 is 1.97 bits per heavy atom. The van der Waals surface area contributed by atoms with Crippen molar-refractivity contribution in [3.8, 4) is 35.1 Å². The summed E-state index contributed by atoms with van der Waals surface area (Å²) in [7, 11) is 1.79. The van der Waals surface area contributed by atoms with Crippen LogP contribution in [0.2, 0.25) is 0 Å². The number of nitrogens with two attached hydrogens (primary N) is 2. The number of nitrogens with zero attached hydrogens (tertiary/aromatic N) is 3. The van der Waals surface area contributed by atoms with Gasteiger partial charge in [-0.05, 0) is 43.5 Å². The van der Waals surface area contributed by atoms with Gasteiger partial charge in [-0.15, -0.1) is 0 Å². The molecule has 1 atom stereocenters. The predicted octanol–water partition coefficient (Wildman–Crippen LogP) is 1.59. The van der Waals surface area contributed by atoms with Crippen LogP contribution < -0.4 is 11.5 Å². The summed E-state index contributed by atoms with van der Waals surface area (Å²) >= 11 is 0. The normalized spacial score (nSPS) is 17.7. The smallest absolute Gasteiger partial charge is 0.285 e. The highest BCUT2D eigenvalue weighted by Gasteiger charge is 2.39. The van der Waals surface area contributed by atoms with Crippen molar-refractivity contribution in [1.29, 1.82) is 0 Å². The van der Waals surface area contributed by atoms with Crippen molar-refractivity contribution in [3.05, 3.63) is 59.5 Å². The molecule has 1 saturated heterocycles. The van der Waals surface area contributed by atoms with Crippen LogP contribution in [0.4, 0.5) is 0 Å². The maximum absolute atomic E-state index is 12.4. The van der Waals surface area contributed by atoms with Gasteiger partial charge in [0.1, 0.15) is 5.41 Å². The first kappa shape index (κ1) is 20.1. The van der Waals surface area contributed by atoms with Gasteiger partial charge in [0, 0.05) is 42.5 Å². The highest BCUT2D eigenvalue weighted by atomic mass is 16.2. The summed E-state index contributed by atoms with van der Waals surface area (Å²) in [5, 5.41) is 0. The maximum Gasteiger partial charge on any atom is 0.285 e. The van der Waals surface area contributed by atoms with Crippen LogP contribution in [0.25, 0.3) is 16.8 Å². The van der Waals surface area contributed by atoms with E-state index in [2.05, 4.69) is 28.8 Å². The molecule has 31 heavy (non-hydrogen) atoms. The number of carbonyl (C=O) groups is 2. The molecule has 4 N–H and O–H groups in total. The van der Waals surface area contributed by atoms with Crippen molar-refractivity contribution in [2.45, 2.75) is 13.3 Å². The summed E-state index contributed by atoms with van der Waals surface area (Å²) in [6.07, 6.45) is 2.39. The lowest BCUT2D eigenvalue weighted by atomic mass is 9.89. The van der Waals surface area contributed by atoms with Crippen LogP contribution in [0.3, 0.4) is 0 Å². The number of fused-ring (bicyclic) bond motifs is 1. The van der Waals surface area contributed by atoms with Crippen molar-refractivity contribution in [2.24, 2.45) is 16.9 Å². The Morgan fingerprint density at radius 3 is 2.65 bits per heavy atom. The van der Waals surface area contributed by atoms with Crippen LogP contribution in [0.5, 0.6) is 0 Å². The van der Waals surface area contributed by atoms with E-state index in [0.717, 1.165) is 11.1 Å². The second kappa shape index (κ2) is 7.55. The second-order valence-corrected chi connectivity index (χ2v) is 7.73. The lowest BCUT2D eigenvalue weighted by Gasteiger charge is -2.14. The van der Waals surface area contributed by atoms with E-state index in [4.69, 9.17) is 11.5 Å². The summed E-state index contributed by atoms with van der Waals surface area (Å²) in [4.78, 5) is 30.5. The first-order chi connectivity index (χ1) is 14.8. The number of rotatable bonds is 2. The number of hydrogen-bond donors (Lipinski definition) is 2. The molecular formula is C24H21N5O2. The lowest BCUT2D eigenvalue weighted by molar-refractivity contribution is -0.131. The first-order valence-corrected chi connectivity index (χ1v) is 9.75. The molecule has 0 spiro atoms. The highest BCUT2D eigenvalue weighted by molar-refractivity contribution is 5.93. The largest absolute Gasteiger partial charge is 0.363 e. The molecule has 1 aliphatic heterocycles. The van der Waals surface area contributed by atoms with Gasteiger partial charge in [0.2, 0.25) is 11.7 Å². The SMILES string of the molecule is CN1CC[C@@](C)(C#Cc2cccc(-c3nc(C(N)=O)n4ccc(C#CN)cc34)c2)C1=O. The number of carbonyl (C=O) groups excluding carboxylic acids is 2. The van der Waals surface area contributed by atoms with Crippen LogP contribution in [0.15, 0.2) is 42.6 Å². The van der Waals surface area contributed by atoms with Gasteiger partial charge in [-0.2, -0.15) is 0 Å². The number of benzene rings is 1. The molecule has 7 heteroatoms. The molecule has 1 aromatic carbocycles. The summed E-state index contributed by atoms with van der Waals surface area (Å²) in [5.41, 5.74) is 13.7. The third-order valence-corrected chi connectivity index (χ3v) is 5.46. The average Bonchev–Trinajstić information content (AvgIpc) is 3.26. The molecule has 1 fully saturated rings. The van der Waals surface area contributed by atoms with Crippen molar-refractivity contribution in [3.63, 3.8) is 0 Å². The first-order valence-electron chi connectivity index (χ1n) is 9.75. The van der Waals surface area contributed by atoms with Gasteiger partial charge in [-0.3, -0.25) is 14.0 Å². The third-order valence-electron chi connectivity index (χ3n) is 5.46. The fourth-order valence-corrected chi connectivity index (χ4v) is 3.72. The topological polar surface area (TPSA) is 107 Å². The molecule has 3 aromatic rings. The van der Waals surface area contributed by atoms with Gasteiger partial charge in [0.05, 0.1) is 11.2 Å². The average molecular weight is 411 g/mol. The molecular weight excluding hydrogens is 390 g/mol. The number of imidazole rings is 1. The summed E-state index contributed by atoms with van der Waals surface area (Å²) in [6, 6.07) is 13.4. The summed E-state index contributed by atoms with van der Waals surface area (Å²) < 4.78 is 1.63. The zero-order valence-corrected chi connectivity index (χ0v) is 17.3. The summed E-state index contributed by atoms with van der Waals surface area (Å²) in [6.45, 7) is 2.58. The Bertz CT molecular complexity index is 1350. The van der Waals surface area contributed by atoms with Gasteiger partial charge in [0.25, 0.3) is 5.91 Å². The molecule has 0 unspecified atom stereocenters. The minimum Gasteiger partial charge on any atom is -0.363 e. The van der Waals surface area contributed by atoms with Gasteiger partial charge in [0.15, 0.2) is 0 Å². The molecule has 0 bridgehead atoms. The zero-order valence-electron chi connectivity index (χ0n) is 17.3. The number of hydrogen-bond acceptors (Lipinski definition) is 4. The molecule has 0 aliphatic carbocycles. The third kappa shape index (κ3) is 3.58. The number of primary amides is 1. The fourth-order valence-electron chi connectivity index (χ4n) is 3.72. The van der Waals surface area contributed by atoms with Crippen LogP contribution in [-0.2, 0) is 4.79 Å². The van der Waals surface area contributed by atoms with Crippen LogP contribution in [-0.4, -0.2) is 39.7 Å². The van der Waals surface area contributed by atoms with Crippen LogP contribution in [0, 0.1) is 29.2 Å². The standard InChI is InChI=1S/C24H21N5O2/c1-24(10-13-28(2)23(24)31)9-6-16-4-3-5-18(14-16)20-19-15-17(7-11-25)8-12-29(19)22(27-20)21(26)30/h3-5,8,12,14-15H,10,13,25H2,1-2H3,(H2,26,30)/t24-/m1/s1. The Hall–Kier alpha value is -4.23. The van der Waals surface area contributed by atoms with E-state index in [-0.39, 0.29) is 11.7 Å². The van der Waals surface area contributed by atoms with Crippen molar-refractivity contribution < 1.29 is 9.59 Å². The Labute approximate surface area is 180 Å². The van der Waals surface area contributed by atoms with E-state index in [1.165, 1.54) is 0 Å². The lowest BCUT2D eigenvalue weighted by Crippen LogP contribution is -2.28.